The number of nitrogens with one attached hydrogen (secondary N) is 1. The highest BCUT2D eigenvalue weighted by atomic mass is 35.5. The molecule has 1 aliphatic heterocycles. The van der Waals surface area contributed by atoms with Crippen LogP contribution >= 0.6 is 12.4 Å². The number of carbonyl (C=O) groups is 3. The Morgan fingerprint density at radius 3 is 2.07 bits per heavy atom. The first-order valence-corrected chi connectivity index (χ1v) is 9.52. The number of carbonyl (C=O) groups excluding carboxylic acids is 3. The quantitative estimate of drug-likeness (QED) is 0.732. The molecule has 0 spiro atoms. The van der Waals surface area contributed by atoms with Crippen LogP contribution in [0.5, 0.6) is 0 Å². The molecule has 2 rings (SSSR count). The van der Waals surface area contributed by atoms with Crippen LogP contribution in [0.1, 0.15) is 36.7 Å². The monoisotopic (exact) mass is 410 g/mol. The van der Waals surface area contributed by atoms with Gasteiger partial charge in [-0.15, -0.1) is 12.4 Å². The van der Waals surface area contributed by atoms with E-state index in [1.165, 1.54) is 5.56 Å². The number of halogens is 1. The lowest BCUT2D eigenvalue weighted by atomic mass is 10.1. The molecule has 3 N–H and O–H groups in total. The Morgan fingerprint density at radius 1 is 1.04 bits per heavy atom. The summed E-state index contributed by atoms with van der Waals surface area (Å²) in [6.07, 6.45) is 0.938. The van der Waals surface area contributed by atoms with Gasteiger partial charge in [-0.25, -0.2) is 0 Å². The first kappa shape index (κ1) is 23.9. The van der Waals surface area contributed by atoms with E-state index in [0.717, 1.165) is 6.42 Å². The molecule has 1 fully saturated rings. The van der Waals surface area contributed by atoms with Crippen molar-refractivity contribution >= 4 is 30.1 Å². The molecule has 1 aromatic rings. The summed E-state index contributed by atoms with van der Waals surface area (Å²) in [5.74, 6) is -0.469. The number of nitrogens with two attached hydrogens (primary N) is 1. The van der Waals surface area contributed by atoms with Gasteiger partial charge in [0.1, 0.15) is 0 Å². The zero-order valence-electron chi connectivity index (χ0n) is 16.8. The Bertz CT molecular complexity index is 671. The molecule has 8 heteroatoms. The van der Waals surface area contributed by atoms with Crippen molar-refractivity contribution in [1.29, 1.82) is 0 Å². The average molecular weight is 411 g/mol. The van der Waals surface area contributed by atoms with Crippen LogP contribution in [-0.4, -0.2) is 66.3 Å². The van der Waals surface area contributed by atoms with Crippen molar-refractivity contribution in [2.24, 2.45) is 11.7 Å². The van der Waals surface area contributed by atoms with Crippen molar-refractivity contribution < 1.29 is 14.4 Å². The van der Waals surface area contributed by atoms with Crippen LogP contribution < -0.4 is 11.1 Å². The first-order valence-electron chi connectivity index (χ1n) is 9.52. The molecule has 0 unspecified atom stereocenters. The van der Waals surface area contributed by atoms with Gasteiger partial charge in [0.25, 0.3) is 5.91 Å². The van der Waals surface area contributed by atoms with Crippen molar-refractivity contribution in [3.8, 4) is 0 Å². The second-order valence-corrected chi connectivity index (χ2v) is 7.21. The van der Waals surface area contributed by atoms with Gasteiger partial charge in [0.2, 0.25) is 11.8 Å². The molecule has 0 aromatic heterocycles. The maximum Gasteiger partial charge on any atom is 0.253 e. The second-order valence-electron chi connectivity index (χ2n) is 7.21. The maximum absolute atomic E-state index is 12.6. The van der Waals surface area contributed by atoms with E-state index in [1.54, 1.807) is 9.80 Å². The summed E-state index contributed by atoms with van der Waals surface area (Å²) in [6, 6.07) is 7.03. The standard InChI is InChI=1S/C20H30N4O3.ClH/c1-4-15-5-7-16(8-6-15)20(27)24-11-9-23(10-12-24)17(25)13-22-19(26)18(21)14(2)3;/h5-8,14,18H,4,9-13,21H2,1-3H3,(H,22,26);1H/t18-;/m0./s1. The predicted molar refractivity (Wildman–Crippen MR) is 111 cm³/mol. The average Bonchev–Trinajstić information content (AvgIpc) is 2.70. The van der Waals surface area contributed by atoms with Crippen LogP contribution in [0.4, 0.5) is 0 Å². The fourth-order valence-corrected chi connectivity index (χ4v) is 2.92. The van der Waals surface area contributed by atoms with Crippen molar-refractivity contribution in [2.45, 2.75) is 33.2 Å². The van der Waals surface area contributed by atoms with Gasteiger partial charge < -0.3 is 20.9 Å². The molecule has 7 nitrogen and oxygen atoms in total. The molecule has 1 aromatic carbocycles. The predicted octanol–water partition coefficient (Wildman–Crippen LogP) is 1.05. The second kappa shape index (κ2) is 11.0. The summed E-state index contributed by atoms with van der Waals surface area (Å²) in [5.41, 5.74) is 7.63. The molecular formula is C20H31ClN4O3. The summed E-state index contributed by atoms with van der Waals surface area (Å²) in [7, 11) is 0. The topological polar surface area (TPSA) is 95.7 Å². The number of nitrogens with zero attached hydrogens (tertiary/aromatic N) is 2. The smallest absolute Gasteiger partial charge is 0.253 e. The molecule has 3 amide bonds. The van der Waals surface area contributed by atoms with Crippen molar-refractivity contribution in [3.05, 3.63) is 35.4 Å². The maximum atomic E-state index is 12.6. The van der Waals surface area contributed by atoms with E-state index in [9.17, 15) is 14.4 Å². The van der Waals surface area contributed by atoms with Gasteiger partial charge in [-0.2, -0.15) is 0 Å². The summed E-state index contributed by atoms with van der Waals surface area (Å²) in [4.78, 5) is 40.1. The molecule has 0 saturated carbocycles. The van der Waals surface area contributed by atoms with E-state index in [4.69, 9.17) is 5.73 Å². The number of amides is 3. The van der Waals surface area contributed by atoms with E-state index >= 15 is 0 Å². The fourth-order valence-electron chi connectivity index (χ4n) is 2.92. The Labute approximate surface area is 173 Å². The molecule has 0 aliphatic carbocycles. The minimum absolute atomic E-state index is 0. The van der Waals surface area contributed by atoms with E-state index in [0.29, 0.717) is 31.7 Å². The third kappa shape index (κ3) is 6.21. The number of benzene rings is 1. The Kier molecular flexibility index (Phi) is 9.41. The third-order valence-electron chi connectivity index (χ3n) is 4.96. The third-order valence-corrected chi connectivity index (χ3v) is 4.96. The summed E-state index contributed by atoms with van der Waals surface area (Å²) < 4.78 is 0. The Morgan fingerprint density at radius 2 is 1.57 bits per heavy atom. The Hall–Kier alpha value is -2.12. The minimum Gasteiger partial charge on any atom is -0.346 e. The molecule has 0 radical (unpaired) electrons. The normalized spacial score (nSPS) is 15.0. The highest BCUT2D eigenvalue weighted by molar-refractivity contribution is 5.94. The van der Waals surface area contributed by atoms with Gasteiger partial charge in [-0.05, 0) is 30.0 Å². The molecular weight excluding hydrogens is 380 g/mol. The van der Waals surface area contributed by atoms with Crippen molar-refractivity contribution in [3.63, 3.8) is 0 Å². The SMILES string of the molecule is CCc1ccc(C(=O)N2CCN(C(=O)CNC(=O)[C@@H](N)C(C)C)CC2)cc1.Cl. The molecule has 0 bridgehead atoms. The number of hydrogen-bond acceptors (Lipinski definition) is 4. The number of hydrogen-bond donors (Lipinski definition) is 2. The van der Waals surface area contributed by atoms with E-state index in [2.05, 4.69) is 12.2 Å². The Balaban J connectivity index is 0.00000392. The molecule has 156 valence electrons. The van der Waals surface area contributed by atoms with Crippen molar-refractivity contribution in [1.82, 2.24) is 15.1 Å². The molecule has 1 saturated heterocycles. The van der Waals surface area contributed by atoms with Gasteiger partial charge in [-0.1, -0.05) is 32.9 Å². The highest BCUT2D eigenvalue weighted by Crippen LogP contribution is 2.11. The molecule has 1 aliphatic rings. The summed E-state index contributed by atoms with van der Waals surface area (Å²) in [6.45, 7) is 7.63. The van der Waals surface area contributed by atoms with Crippen LogP contribution in [0.3, 0.4) is 0 Å². The lowest BCUT2D eigenvalue weighted by Gasteiger charge is -2.35. The number of rotatable bonds is 6. The van der Waals surface area contributed by atoms with Gasteiger partial charge in [-0.3, -0.25) is 14.4 Å². The molecule has 28 heavy (non-hydrogen) atoms. The number of aryl methyl sites for hydroxylation is 1. The summed E-state index contributed by atoms with van der Waals surface area (Å²) >= 11 is 0. The lowest BCUT2D eigenvalue weighted by molar-refractivity contribution is -0.134. The van der Waals surface area contributed by atoms with E-state index in [1.807, 2.05) is 38.1 Å². The van der Waals surface area contributed by atoms with Crippen LogP contribution in [0.25, 0.3) is 0 Å². The molecule has 1 heterocycles. The fraction of sp³-hybridized carbons (Fsp3) is 0.550. The van der Waals surface area contributed by atoms with Crippen LogP contribution in [-0.2, 0) is 16.0 Å². The van der Waals surface area contributed by atoms with Crippen LogP contribution in [0.2, 0.25) is 0 Å². The van der Waals surface area contributed by atoms with Gasteiger partial charge >= 0.3 is 0 Å². The summed E-state index contributed by atoms with van der Waals surface area (Å²) in [5, 5.41) is 2.60. The van der Waals surface area contributed by atoms with Crippen LogP contribution in [0, 0.1) is 5.92 Å². The van der Waals surface area contributed by atoms with E-state index in [-0.39, 0.29) is 42.6 Å². The number of piperazine rings is 1. The van der Waals surface area contributed by atoms with Crippen LogP contribution in [0.15, 0.2) is 24.3 Å². The highest BCUT2D eigenvalue weighted by Gasteiger charge is 2.25. The van der Waals surface area contributed by atoms with Crippen molar-refractivity contribution in [2.75, 3.05) is 32.7 Å². The first-order chi connectivity index (χ1) is 12.8. The van der Waals surface area contributed by atoms with Gasteiger partial charge in [0.05, 0.1) is 12.6 Å². The van der Waals surface area contributed by atoms with E-state index < -0.39 is 6.04 Å². The molecule has 1 atom stereocenters. The largest absolute Gasteiger partial charge is 0.346 e. The zero-order valence-corrected chi connectivity index (χ0v) is 17.6. The van der Waals surface area contributed by atoms with Gasteiger partial charge in [0, 0.05) is 31.7 Å². The van der Waals surface area contributed by atoms with Gasteiger partial charge in [0.15, 0.2) is 0 Å². The minimum atomic E-state index is -0.619. The lowest BCUT2D eigenvalue weighted by Crippen LogP contribution is -2.53. The zero-order chi connectivity index (χ0) is 20.0.